The summed E-state index contributed by atoms with van der Waals surface area (Å²) >= 11 is 0. The van der Waals surface area contributed by atoms with Crippen LogP contribution < -0.4 is 10.2 Å². The quantitative estimate of drug-likeness (QED) is 0.724. The summed E-state index contributed by atoms with van der Waals surface area (Å²) in [5, 5.41) is 7.06. The molecule has 0 radical (unpaired) electrons. The molecule has 4 rings (SSSR count). The maximum atomic E-state index is 14.4. The maximum Gasteiger partial charge on any atom is 0.275 e. The third-order valence-corrected chi connectivity index (χ3v) is 5.05. The summed E-state index contributed by atoms with van der Waals surface area (Å²) in [5.41, 5.74) is 2.46. The number of carbonyl (C=O) groups excluding carboxylic acids is 1. The second-order valence-electron chi connectivity index (χ2n) is 7.19. The van der Waals surface area contributed by atoms with Crippen LogP contribution in [0.15, 0.2) is 36.9 Å². The number of aryl methyl sites for hydroxylation is 2. The van der Waals surface area contributed by atoms with Crippen LogP contribution in [0.4, 0.5) is 10.2 Å². The molecule has 9 heteroatoms. The molecule has 1 aliphatic heterocycles. The summed E-state index contributed by atoms with van der Waals surface area (Å²) in [6, 6.07) is 3.57. The smallest absolute Gasteiger partial charge is 0.275 e. The lowest BCUT2D eigenvalue weighted by Crippen LogP contribution is -2.42. The van der Waals surface area contributed by atoms with Gasteiger partial charge in [0.1, 0.15) is 5.82 Å². The van der Waals surface area contributed by atoms with E-state index < -0.39 is 11.7 Å². The van der Waals surface area contributed by atoms with Gasteiger partial charge in [0, 0.05) is 43.9 Å². The Labute approximate surface area is 167 Å². The van der Waals surface area contributed by atoms with E-state index in [0.717, 1.165) is 22.8 Å². The summed E-state index contributed by atoms with van der Waals surface area (Å²) in [6.07, 6.45) is 7.64. The molecule has 0 aromatic carbocycles. The Kier molecular flexibility index (Phi) is 5.20. The molecule has 3 aromatic heterocycles. The SMILES string of the molecule is Cc1ncccc1Cn1cc(F)c(C(=O)N[C@@H]2CCc3nccnc3N(C)C2)n1. The van der Waals surface area contributed by atoms with Crippen LogP contribution >= 0.6 is 0 Å². The highest BCUT2D eigenvalue weighted by atomic mass is 19.1. The molecule has 0 aliphatic carbocycles. The number of anilines is 1. The van der Waals surface area contributed by atoms with E-state index in [1.54, 1.807) is 18.6 Å². The van der Waals surface area contributed by atoms with Gasteiger partial charge in [-0.05, 0) is 31.4 Å². The molecule has 0 saturated carbocycles. The molecule has 150 valence electrons. The molecular weight excluding hydrogens is 373 g/mol. The van der Waals surface area contributed by atoms with Crippen molar-refractivity contribution < 1.29 is 9.18 Å². The van der Waals surface area contributed by atoms with Gasteiger partial charge in [-0.3, -0.25) is 19.4 Å². The van der Waals surface area contributed by atoms with Gasteiger partial charge < -0.3 is 10.2 Å². The second-order valence-corrected chi connectivity index (χ2v) is 7.19. The number of likely N-dealkylation sites (N-methyl/N-ethyl adjacent to an activating group) is 1. The number of rotatable bonds is 4. The van der Waals surface area contributed by atoms with E-state index in [2.05, 4.69) is 25.4 Å². The Balaban J connectivity index is 1.45. The summed E-state index contributed by atoms with van der Waals surface area (Å²) < 4.78 is 15.8. The first kappa shape index (κ1) is 19.0. The van der Waals surface area contributed by atoms with E-state index >= 15 is 0 Å². The molecule has 3 aromatic rings. The minimum Gasteiger partial charge on any atom is -0.356 e. The van der Waals surface area contributed by atoms with Gasteiger partial charge in [0.2, 0.25) is 0 Å². The van der Waals surface area contributed by atoms with Gasteiger partial charge in [-0.15, -0.1) is 0 Å². The standard InChI is InChI=1S/C20H22FN7O/c1-13-14(4-3-7-22-13)10-28-12-16(21)18(26-28)20(29)25-15-5-6-17-19(27(2)11-15)24-9-8-23-17/h3-4,7-9,12,15H,5-6,10-11H2,1-2H3,(H,25,29)/t15-/m1/s1. The molecule has 8 nitrogen and oxygen atoms in total. The minimum absolute atomic E-state index is 0.159. The summed E-state index contributed by atoms with van der Waals surface area (Å²) in [6.45, 7) is 2.80. The first-order chi connectivity index (χ1) is 14.0. The van der Waals surface area contributed by atoms with Crippen molar-refractivity contribution in [2.24, 2.45) is 0 Å². The van der Waals surface area contributed by atoms with E-state index in [0.29, 0.717) is 25.9 Å². The fourth-order valence-electron chi connectivity index (χ4n) is 3.54. The Morgan fingerprint density at radius 2 is 2.10 bits per heavy atom. The Morgan fingerprint density at radius 3 is 2.93 bits per heavy atom. The van der Waals surface area contributed by atoms with Crippen LogP contribution in [0.1, 0.15) is 33.9 Å². The number of amides is 1. The molecule has 0 bridgehead atoms. The van der Waals surface area contributed by atoms with Gasteiger partial charge in [-0.2, -0.15) is 5.10 Å². The van der Waals surface area contributed by atoms with Gasteiger partial charge >= 0.3 is 0 Å². The van der Waals surface area contributed by atoms with Gasteiger partial charge in [-0.1, -0.05) is 6.07 Å². The predicted octanol–water partition coefficient (Wildman–Crippen LogP) is 1.74. The highest BCUT2D eigenvalue weighted by molar-refractivity contribution is 5.92. The van der Waals surface area contributed by atoms with E-state index in [1.807, 2.05) is 31.0 Å². The average Bonchev–Trinajstić information content (AvgIpc) is 3.00. The van der Waals surface area contributed by atoms with E-state index in [4.69, 9.17) is 0 Å². The molecule has 1 aliphatic rings. The number of pyridine rings is 1. The van der Waals surface area contributed by atoms with Crippen LogP contribution in [0.2, 0.25) is 0 Å². The number of nitrogens with zero attached hydrogens (tertiary/aromatic N) is 6. The van der Waals surface area contributed by atoms with Crippen molar-refractivity contribution in [1.82, 2.24) is 30.0 Å². The molecule has 0 spiro atoms. The number of carbonyl (C=O) groups is 1. The van der Waals surface area contributed by atoms with Crippen molar-refractivity contribution in [1.29, 1.82) is 0 Å². The molecule has 0 fully saturated rings. The fraction of sp³-hybridized carbons (Fsp3) is 0.350. The van der Waals surface area contributed by atoms with Crippen molar-refractivity contribution in [2.75, 3.05) is 18.5 Å². The zero-order valence-corrected chi connectivity index (χ0v) is 16.3. The molecule has 4 heterocycles. The molecule has 0 saturated heterocycles. The lowest BCUT2D eigenvalue weighted by molar-refractivity contribution is 0.0926. The highest BCUT2D eigenvalue weighted by Gasteiger charge is 2.25. The maximum absolute atomic E-state index is 14.4. The molecular formula is C20H22FN7O. The lowest BCUT2D eigenvalue weighted by Gasteiger charge is -2.22. The van der Waals surface area contributed by atoms with Gasteiger partial charge in [0.05, 0.1) is 18.4 Å². The van der Waals surface area contributed by atoms with E-state index in [-0.39, 0.29) is 11.7 Å². The van der Waals surface area contributed by atoms with E-state index in [1.165, 1.54) is 10.9 Å². The average molecular weight is 395 g/mol. The number of aromatic nitrogens is 5. The molecule has 29 heavy (non-hydrogen) atoms. The summed E-state index contributed by atoms with van der Waals surface area (Å²) in [4.78, 5) is 27.6. The van der Waals surface area contributed by atoms with Crippen molar-refractivity contribution in [3.63, 3.8) is 0 Å². The third kappa shape index (κ3) is 4.08. The number of nitrogens with one attached hydrogen (secondary N) is 1. The van der Waals surface area contributed by atoms with Crippen LogP contribution in [0.25, 0.3) is 0 Å². The molecule has 1 amide bonds. The van der Waals surface area contributed by atoms with Crippen LogP contribution in [0.5, 0.6) is 0 Å². The monoisotopic (exact) mass is 395 g/mol. The first-order valence-electron chi connectivity index (χ1n) is 9.46. The zero-order chi connectivity index (χ0) is 20.4. The van der Waals surface area contributed by atoms with Gasteiger partial charge in [-0.25, -0.2) is 9.37 Å². The Morgan fingerprint density at radius 1 is 1.28 bits per heavy atom. The molecule has 1 N–H and O–H groups in total. The van der Waals surface area contributed by atoms with Crippen LogP contribution in [-0.2, 0) is 13.0 Å². The second kappa shape index (κ2) is 7.94. The van der Waals surface area contributed by atoms with Crippen molar-refractivity contribution in [3.05, 3.63) is 65.4 Å². The Hall–Kier alpha value is -3.36. The largest absolute Gasteiger partial charge is 0.356 e. The van der Waals surface area contributed by atoms with Crippen LogP contribution in [0, 0.1) is 12.7 Å². The minimum atomic E-state index is -0.641. The van der Waals surface area contributed by atoms with Crippen molar-refractivity contribution in [2.45, 2.75) is 32.4 Å². The van der Waals surface area contributed by atoms with Crippen LogP contribution in [0.3, 0.4) is 0 Å². The Bertz CT molecular complexity index is 1040. The molecule has 1 atom stereocenters. The van der Waals surface area contributed by atoms with Crippen molar-refractivity contribution in [3.8, 4) is 0 Å². The predicted molar refractivity (Wildman–Crippen MR) is 105 cm³/mol. The number of hydrogen-bond acceptors (Lipinski definition) is 6. The lowest BCUT2D eigenvalue weighted by atomic mass is 10.1. The highest BCUT2D eigenvalue weighted by Crippen LogP contribution is 2.20. The van der Waals surface area contributed by atoms with Crippen LogP contribution in [-0.4, -0.2) is 50.3 Å². The third-order valence-electron chi connectivity index (χ3n) is 5.05. The topological polar surface area (TPSA) is 88.8 Å². The normalized spacial score (nSPS) is 16.2. The number of halogens is 1. The number of fused-ring (bicyclic) bond motifs is 1. The summed E-state index contributed by atoms with van der Waals surface area (Å²) in [7, 11) is 1.91. The van der Waals surface area contributed by atoms with E-state index in [9.17, 15) is 9.18 Å². The zero-order valence-electron chi connectivity index (χ0n) is 16.3. The summed E-state index contributed by atoms with van der Waals surface area (Å²) in [5.74, 6) is -0.348. The fourth-order valence-corrected chi connectivity index (χ4v) is 3.54. The first-order valence-corrected chi connectivity index (χ1v) is 9.46. The van der Waals surface area contributed by atoms with Gasteiger partial charge in [0.15, 0.2) is 11.5 Å². The van der Waals surface area contributed by atoms with Crippen molar-refractivity contribution >= 4 is 11.7 Å². The number of hydrogen-bond donors (Lipinski definition) is 1. The molecule has 0 unspecified atom stereocenters. The van der Waals surface area contributed by atoms with Gasteiger partial charge in [0.25, 0.3) is 5.91 Å².